The van der Waals surface area contributed by atoms with Crippen LogP contribution < -0.4 is 0 Å². The summed E-state index contributed by atoms with van der Waals surface area (Å²) in [6.07, 6.45) is 2.73. The largest absolute Gasteiger partial charge is 0.546 e. The average Bonchev–Trinajstić information content (AvgIpc) is 2.54. The zero-order valence-electron chi connectivity index (χ0n) is 14.9. The molecule has 0 aromatic heterocycles. The van der Waals surface area contributed by atoms with E-state index in [1.54, 1.807) is 0 Å². The molecule has 0 N–H and O–H groups in total. The number of Topliss-reactive ketones (excluding diaryl/α,β-unsaturated/α-hetero) is 1. The van der Waals surface area contributed by atoms with Crippen molar-refractivity contribution in [1.29, 1.82) is 0 Å². The Labute approximate surface area is 130 Å². The van der Waals surface area contributed by atoms with Gasteiger partial charge in [0.1, 0.15) is 0 Å². The summed E-state index contributed by atoms with van der Waals surface area (Å²) in [5.74, 6) is 1.46. The Balaban J connectivity index is 2.43. The fourth-order valence-electron chi connectivity index (χ4n) is 3.83. The highest BCUT2D eigenvalue weighted by atomic mass is 28.4. The van der Waals surface area contributed by atoms with Gasteiger partial charge in [-0.3, -0.25) is 4.79 Å². The van der Waals surface area contributed by atoms with Crippen molar-refractivity contribution in [3.05, 3.63) is 24.0 Å². The van der Waals surface area contributed by atoms with E-state index < -0.39 is 13.7 Å². The maximum Gasteiger partial charge on any atom is 0.250 e. The summed E-state index contributed by atoms with van der Waals surface area (Å²) in [5.41, 5.74) is 0.575. The van der Waals surface area contributed by atoms with Crippen LogP contribution in [-0.4, -0.2) is 14.1 Å². The highest BCUT2D eigenvalue weighted by Gasteiger charge is 2.71. The van der Waals surface area contributed by atoms with Crippen molar-refractivity contribution in [2.45, 2.75) is 66.1 Å². The van der Waals surface area contributed by atoms with Gasteiger partial charge < -0.3 is 4.43 Å². The SMILES string of the molecule is C=C[C@]12C(=O)[C@H](C)[C@@]1(C)CC(O[Si](C)(C)C(C)(C)C)=C2C. The zero-order valence-corrected chi connectivity index (χ0v) is 15.9. The molecule has 118 valence electrons. The van der Waals surface area contributed by atoms with Crippen LogP contribution in [0.2, 0.25) is 18.1 Å². The Morgan fingerprint density at radius 2 is 1.90 bits per heavy atom. The van der Waals surface area contributed by atoms with Crippen LogP contribution in [0.5, 0.6) is 0 Å². The lowest BCUT2D eigenvalue weighted by molar-refractivity contribution is -0.157. The topological polar surface area (TPSA) is 26.3 Å². The van der Waals surface area contributed by atoms with Crippen molar-refractivity contribution in [2.24, 2.45) is 16.7 Å². The molecule has 0 amide bonds. The number of allylic oxidation sites excluding steroid dienone is 3. The van der Waals surface area contributed by atoms with Gasteiger partial charge in [-0.15, -0.1) is 6.58 Å². The first-order valence-electron chi connectivity index (χ1n) is 7.92. The minimum Gasteiger partial charge on any atom is -0.546 e. The maximum absolute atomic E-state index is 12.6. The number of ketones is 1. The molecule has 0 heterocycles. The van der Waals surface area contributed by atoms with Crippen molar-refractivity contribution in [3.8, 4) is 0 Å². The lowest BCUT2D eigenvalue weighted by Crippen LogP contribution is -2.61. The smallest absolute Gasteiger partial charge is 0.250 e. The van der Waals surface area contributed by atoms with Crippen LogP contribution >= 0.6 is 0 Å². The molecule has 3 heteroatoms. The summed E-state index contributed by atoms with van der Waals surface area (Å²) in [7, 11) is -1.87. The first-order chi connectivity index (χ1) is 9.35. The molecule has 1 fully saturated rings. The van der Waals surface area contributed by atoms with E-state index in [0.29, 0.717) is 5.78 Å². The molecule has 0 radical (unpaired) electrons. The molecule has 0 bridgehead atoms. The second-order valence-electron chi connectivity index (χ2n) is 8.60. The number of fused-ring (bicyclic) bond motifs is 1. The summed E-state index contributed by atoms with van der Waals surface area (Å²) in [5, 5.41) is 0.166. The molecule has 2 nitrogen and oxygen atoms in total. The van der Waals surface area contributed by atoms with E-state index in [4.69, 9.17) is 4.43 Å². The van der Waals surface area contributed by atoms with E-state index in [1.807, 2.05) is 13.0 Å². The Kier molecular flexibility index (Phi) is 3.42. The number of hydrogen-bond acceptors (Lipinski definition) is 2. The molecule has 3 atom stereocenters. The van der Waals surface area contributed by atoms with Crippen molar-refractivity contribution >= 4 is 14.1 Å². The standard InChI is InChI=1S/C18H30O2Si/c1-10-18-12(2)14(20-21(8,9)16(4,5)6)11-17(18,7)13(3)15(18)19/h10,13H,1,11H2,2-9H3/t13-,17+,18-/m0/s1. The summed E-state index contributed by atoms with van der Waals surface area (Å²) in [6.45, 7) is 21.6. The molecule has 0 spiro atoms. The summed E-state index contributed by atoms with van der Waals surface area (Å²) in [6, 6.07) is 0. The molecule has 0 saturated heterocycles. The van der Waals surface area contributed by atoms with Gasteiger partial charge in [-0.05, 0) is 30.6 Å². The van der Waals surface area contributed by atoms with Crippen LogP contribution in [0.15, 0.2) is 24.0 Å². The maximum atomic E-state index is 12.6. The van der Waals surface area contributed by atoms with Gasteiger partial charge in [0.2, 0.25) is 8.32 Å². The Hall–Kier alpha value is -0.833. The van der Waals surface area contributed by atoms with Crippen LogP contribution in [0.4, 0.5) is 0 Å². The van der Waals surface area contributed by atoms with Gasteiger partial charge >= 0.3 is 0 Å². The van der Waals surface area contributed by atoms with Gasteiger partial charge in [-0.2, -0.15) is 0 Å². The van der Waals surface area contributed by atoms with Crippen molar-refractivity contribution in [3.63, 3.8) is 0 Å². The molecular weight excluding hydrogens is 276 g/mol. The molecule has 2 aliphatic carbocycles. The second-order valence-corrected chi connectivity index (χ2v) is 13.3. The lowest BCUT2D eigenvalue weighted by atomic mass is 9.44. The van der Waals surface area contributed by atoms with E-state index in [2.05, 4.69) is 54.3 Å². The quantitative estimate of drug-likeness (QED) is 0.536. The number of rotatable bonds is 3. The molecule has 0 aromatic rings. The summed E-state index contributed by atoms with van der Waals surface area (Å²) >= 11 is 0. The minimum absolute atomic E-state index is 0.0480. The second kappa shape index (κ2) is 4.34. The van der Waals surface area contributed by atoms with E-state index >= 15 is 0 Å². The van der Waals surface area contributed by atoms with Gasteiger partial charge in [-0.25, -0.2) is 0 Å². The van der Waals surface area contributed by atoms with Crippen LogP contribution in [0.25, 0.3) is 0 Å². The molecule has 0 aromatic carbocycles. The first-order valence-corrected chi connectivity index (χ1v) is 10.8. The molecule has 2 aliphatic rings. The molecular formula is C18H30O2Si. The van der Waals surface area contributed by atoms with Crippen LogP contribution in [0, 0.1) is 16.7 Å². The first kappa shape index (κ1) is 16.5. The zero-order chi connectivity index (χ0) is 16.4. The minimum atomic E-state index is -1.87. The highest BCUT2D eigenvalue weighted by molar-refractivity contribution is 6.74. The van der Waals surface area contributed by atoms with Crippen molar-refractivity contribution in [1.82, 2.24) is 0 Å². The Bertz CT molecular complexity index is 538. The third-order valence-corrected chi connectivity index (χ3v) is 11.0. The van der Waals surface area contributed by atoms with Crippen LogP contribution in [0.3, 0.4) is 0 Å². The summed E-state index contributed by atoms with van der Waals surface area (Å²) < 4.78 is 6.56. The fraction of sp³-hybridized carbons (Fsp3) is 0.722. The van der Waals surface area contributed by atoms with Crippen LogP contribution in [0.1, 0.15) is 48.0 Å². The van der Waals surface area contributed by atoms with E-state index in [0.717, 1.165) is 17.8 Å². The van der Waals surface area contributed by atoms with Gasteiger partial charge in [0.15, 0.2) is 5.78 Å². The Morgan fingerprint density at radius 3 is 2.29 bits per heavy atom. The van der Waals surface area contributed by atoms with Gasteiger partial charge in [0, 0.05) is 17.8 Å². The predicted octanol–water partition coefficient (Wildman–Crippen LogP) is 5.08. The average molecular weight is 307 g/mol. The molecule has 0 unspecified atom stereocenters. The third-order valence-electron chi connectivity index (χ3n) is 6.67. The van der Waals surface area contributed by atoms with Gasteiger partial charge in [0.05, 0.1) is 11.2 Å². The van der Waals surface area contributed by atoms with Gasteiger partial charge in [-0.1, -0.05) is 40.7 Å². The lowest BCUT2D eigenvalue weighted by Gasteiger charge is -2.56. The number of carbonyl (C=O) groups excluding carboxylic acids is 1. The molecule has 1 saturated carbocycles. The van der Waals surface area contributed by atoms with E-state index in [9.17, 15) is 4.79 Å². The van der Waals surface area contributed by atoms with E-state index in [1.165, 1.54) is 0 Å². The monoisotopic (exact) mass is 306 g/mol. The normalized spacial score (nSPS) is 36.4. The van der Waals surface area contributed by atoms with Crippen LogP contribution in [-0.2, 0) is 9.22 Å². The van der Waals surface area contributed by atoms with E-state index in [-0.39, 0.29) is 16.4 Å². The summed E-state index contributed by atoms with van der Waals surface area (Å²) in [4.78, 5) is 12.6. The highest BCUT2D eigenvalue weighted by Crippen LogP contribution is 2.69. The number of carbonyl (C=O) groups is 1. The fourth-order valence-corrected chi connectivity index (χ4v) is 4.98. The Morgan fingerprint density at radius 1 is 1.38 bits per heavy atom. The molecule has 0 aliphatic heterocycles. The molecule has 2 rings (SSSR count). The third kappa shape index (κ3) is 1.79. The van der Waals surface area contributed by atoms with Crippen molar-refractivity contribution < 1.29 is 9.22 Å². The van der Waals surface area contributed by atoms with Crippen molar-refractivity contribution in [2.75, 3.05) is 0 Å². The number of hydrogen-bond donors (Lipinski definition) is 0. The van der Waals surface area contributed by atoms with Gasteiger partial charge in [0.25, 0.3) is 0 Å². The molecule has 21 heavy (non-hydrogen) atoms. The predicted molar refractivity (Wildman–Crippen MR) is 90.5 cm³/mol.